The maximum atomic E-state index is 12.5. The summed E-state index contributed by atoms with van der Waals surface area (Å²) in [7, 11) is 0. The number of amides is 2. The van der Waals surface area contributed by atoms with Crippen molar-refractivity contribution < 1.29 is 23.9 Å². The number of rotatable bonds is 6. The van der Waals surface area contributed by atoms with Crippen LogP contribution in [0.5, 0.6) is 5.75 Å². The number of benzene rings is 3. The number of anilines is 2. The van der Waals surface area contributed by atoms with Crippen molar-refractivity contribution in [2.24, 2.45) is 0 Å². The van der Waals surface area contributed by atoms with Crippen molar-refractivity contribution in [1.29, 1.82) is 0 Å². The molecule has 0 aliphatic heterocycles. The molecule has 3 aromatic rings. The zero-order chi connectivity index (χ0) is 22.2. The smallest absolute Gasteiger partial charge is 0.434 e. The third-order valence-corrected chi connectivity index (χ3v) is 4.41. The Balaban J connectivity index is 1.64. The van der Waals surface area contributed by atoms with Crippen LogP contribution in [0.4, 0.5) is 16.2 Å². The Hall–Kier alpha value is -3.84. The van der Waals surface area contributed by atoms with E-state index in [1.165, 1.54) is 24.3 Å². The predicted molar refractivity (Wildman–Crippen MR) is 118 cm³/mol. The van der Waals surface area contributed by atoms with Gasteiger partial charge in [-0.3, -0.25) is 9.59 Å². The largest absolute Gasteiger partial charge is 0.513 e. The molecular formula is C23H19ClN2O5. The van der Waals surface area contributed by atoms with Crippen molar-refractivity contribution in [3.8, 4) is 5.75 Å². The summed E-state index contributed by atoms with van der Waals surface area (Å²) in [6, 6.07) is 19.5. The molecule has 2 amide bonds. The van der Waals surface area contributed by atoms with E-state index in [-0.39, 0.29) is 24.2 Å². The lowest BCUT2D eigenvalue weighted by Crippen LogP contribution is -2.14. The van der Waals surface area contributed by atoms with E-state index < -0.39 is 6.16 Å². The lowest BCUT2D eigenvalue weighted by Gasteiger charge is -2.10. The molecule has 0 heterocycles. The van der Waals surface area contributed by atoms with Crippen LogP contribution in [-0.2, 0) is 4.74 Å². The molecule has 0 aliphatic carbocycles. The first-order valence-electron chi connectivity index (χ1n) is 9.38. The van der Waals surface area contributed by atoms with Gasteiger partial charge >= 0.3 is 6.16 Å². The molecule has 3 rings (SSSR count). The summed E-state index contributed by atoms with van der Waals surface area (Å²) in [4.78, 5) is 36.2. The highest BCUT2D eigenvalue weighted by Gasteiger charge is 2.12. The van der Waals surface area contributed by atoms with Gasteiger partial charge in [-0.2, -0.15) is 0 Å². The second-order valence-electron chi connectivity index (χ2n) is 6.28. The van der Waals surface area contributed by atoms with E-state index >= 15 is 0 Å². The minimum absolute atomic E-state index is 0.206. The fourth-order valence-corrected chi connectivity index (χ4v) is 2.86. The van der Waals surface area contributed by atoms with Gasteiger partial charge in [0.05, 0.1) is 17.2 Å². The van der Waals surface area contributed by atoms with Gasteiger partial charge in [-0.1, -0.05) is 29.8 Å². The van der Waals surface area contributed by atoms with Crippen LogP contribution in [-0.4, -0.2) is 24.6 Å². The number of halogens is 1. The van der Waals surface area contributed by atoms with Gasteiger partial charge in [0.15, 0.2) is 0 Å². The summed E-state index contributed by atoms with van der Waals surface area (Å²) in [5.74, 6) is -0.456. The summed E-state index contributed by atoms with van der Waals surface area (Å²) in [5, 5.41) is 5.86. The molecule has 0 saturated heterocycles. The van der Waals surface area contributed by atoms with Crippen LogP contribution in [0.15, 0.2) is 72.8 Å². The topological polar surface area (TPSA) is 93.7 Å². The first-order valence-corrected chi connectivity index (χ1v) is 9.76. The summed E-state index contributed by atoms with van der Waals surface area (Å²) in [6.45, 7) is 1.88. The van der Waals surface area contributed by atoms with E-state index in [1.54, 1.807) is 55.5 Å². The first kappa shape index (κ1) is 21.9. The van der Waals surface area contributed by atoms with Gasteiger partial charge in [0.25, 0.3) is 11.8 Å². The molecule has 2 N–H and O–H groups in total. The number of hydrogen-bond acceptors (Lipinski definition) is 5. The van der Waals surface area contributed by atoms with E-state index in [1.807, 2.05) is 0 Å². The van der Waals surface area contributed by atoms with Gasteiger partial charge < -0.3 is 20.1 Å². The Kier molecular flexibility index (Phi) is 7.24. The standard InChI is InChI=1S/C23H19ClN2O5/c1-2-30-23(29)31-18-12-10-15(11-13-18)21(27)25-16-6-5-7-17(14-16)26-22(28)19-8-3-4-9-20(19)24/h3-14H,2H2,1H3,(H,25,27)(H,26,28). The van der Waals surface area contributed by atoms with E-state index in [4.69, 9.17) is 21.1 Å². The summed E-state index contributed by atoms with van der Waals surface area (Å²) >= 11 is 6.06. The molecule has 0 saturated carbocycles. The molecule has 0 radical (unpaired) electrons. The Morgan fingerprint density at radius 3 is 2.13 bits per heavy atom. The molecule has 0 bridgehead atoms. The Labute approximate surface area is 183 Å². The summed E-state index contributed by atoms with van der Waals surface area (Å²) in [6.07, 6.45) is -0.810. The summed E-state index contributed by atoms with van der Waals surface area (Å²) < 4.78 is 9.66. The zero-order valence-electron chi connectivity index (χ0n) is 16.6. The fraction of sp³-hybridized carbons (Fsp3) is 0.0870. The van der Waals surface area contributed by atoms with Crippen LogP contribution in [0.2, 0.25) is 5.02 Å². The van der Waals surface area contributed by atoms with Crippen molar-refractivity contribution in [1.82, 2.24) is 0 Å². The van der Waals surface area contributed by atoms with Crippen LogP contribution < -0.4 is 15.4 Å². The average Bonchev–Trinajstić information content (AvgIpc) is 2.75. The highest BCUT2D eigenvalue weighted by atomic mass is 35.5. The lowest BCUT2D eigenvalue weighted by atomic mass is 10.2. The zero-order valence-corrected chi connectivity index (χ0v) is 17.3. The highest BCUT2D eigenvalue weighted by Crippen LogP contribution is 2.20. The highest BCUT2D eigenvalue weighted by molar-refractivity contribution is 6.34. The molecule has 0 spiro atoms. The molecule has 0 fully saturated rings. The SMILES string of the molecule is CCOC(=O)Oc1ccc(C(=O)Nc2cccc(NC(=O)c3ccccc3Cl)c2)cc1. The van der Waals surface area contributed by atoms with Crippen LogP contribution in [0.25, 0.3) is 0 Å². The van der Waals surface area contributed by atoms with Gasteiger partial charge in [0.2, 0.25) is 0 Å². The number of hydrogen-bond donors (Lipinski definition) is 2. The van der Waals surface area contributed by atoms with Gasteiger partial charge in [0, 0.05) is 16.9 Å². The van der Waals surface area contributed by atoms with Crippen LogP contribution in [0.3, 0.4) is 0 Å². The summed E-state index contributed by atoms with van der Waals surface area (Å²) in [5.41, 5.74) is 1.71. The van der Waals surface area contributed by atoms with E-state index in [2.05, 4.69) is 10.6 Å². The molecule has 8 heteroatoms. The fourth-order valence-electron chi connectivity index (χ4n) is 2.64. The molecule has 0 aromatic heterocycles. The maximum absolute atomic E-state index is 12.5. The Bertz CT molecular complexity index is 1100. The molecule has 3 aromatic carbocycles. The first-order chi connectivity index (χ1) is 15.0. The Morgan fingerprint density at radius 1 is 0.839 bits per heavy atom. The molecule has 0 unspecified atom stereocenters. The van der Waals surface area contributed by atoms with Crippen molar-refractivity contribution in [3.05, 3.63) is 88.9 Å². The van der Waals surface area contributed by atoms with Crippen molar-refractivity contribution >= 4 is 40.9 Å². The van der Waals surface area contributed by atoms with Gasteiger partial charge in [-0.25, -0.2) is 4.79 Å². The third kappa shape index (κ3) is 6.07. The van der Waals surface area contributed by atoms with Gasteiger partial charge in [-0.15, -0.1) is 0 Å². The van der Waals surface area contributed by atoms with E-state index in [9.17, 15) is 14.4 Å². The second kappa shape index (κ2) is 10.3. The molecular weight excluding hydrogens is 420 g/mol. The van der Waals surface area contributed by atoms with Crippen molar-refractivity contribution in [2.75, 3.05) is 17.2 Å². The molecule has 31 heavy (non-hydrogen) atoms. The van der Waals surface area contributed by atoms with E-state index in [0.29, 0.717) is 27.5 Å². The monoisotopic (exact) mass is 438 g/mol. The van der Waals surface area contributed by atoms with Gasteiger partial charge in [0.1, 0.15) is 5.75 Å². The molecule has 158 valence electrons. The molecule has 0 atom stereocenters. The number of nitrogens with one attached hydrogen (secondary N) is 2. The average molecular weight is 439 g/mol. The number of carbonyl (C=O) groups excluding carboxylic acids is 3. The van der Waals surface area contributed by atoms with Gasteiger partial charge in [-0.05, 0) is 61.5 Å². The number of carbonyl (C=O) groups is 3. The minimum atomic E-state index is -0.810. The van der Waals surface area contributed by atoms with Crippen molar-refractivity contribution in [2.45, 2.75) is 6.92 Å². The van der Waals surface area contributed by atoms with Crippen LogP contribution >= 0.6 is 11.6 Å². The van der Waals surface area contributed by atoms with Crippen LogP contribution in [0.1, 0.15) is 27.6 Å². The van der Waals surface area contributed by atoms with Crippen LogP contribution in [0, 0.1) is 0 Å². The Morgan fingerprint density at radius 2 is 1.48 bits per heavy atom. The molecule has 0 aliphatic rings. The van der Waals surface area contributed by atoms with E-state index in [0.717, 1.165) is 0 Å². The second-order valence-corrected chi connectivity index (χ2v) is 6.69. The predicted octanol–water partition coefficient (Wildman–Crippen LogP) is 5.38. The molecule has 7 nitrogen and oxygen atoms in total. The minimum Gasteiger partial charge on any atom is -0.434 e. The van der Waals surface area contributed by atoms with Crippen molar-refractivity contribution in [3.63, 3.8) is 0 Å². The quantitative estimate of drug-likeness (QED) is 0.398. The lowest BCUT2D eigenvalue weighted by molar-refractivity contribution is 0.101. The third-order valence-electron chi connectivity index (χ3n) is 4.08. The normalized spacial score (nSPS) is 10.1. The maximum Gasteiger partial charge on any atom is 0.513 e. The number of ether oxygens (including phenoxy) is 2.